The minimum Gasteiger partial charge on any atom is -0.325 e. The molecule has 6 rings (SSSR count). The number of thiazole rings is 1. The van der Waals surface area contributed by atoms with Crippen molar-refractivity contribution < 1.29 is 14.4 Å². The molecule has 4 aromatic rings. The van der Waals surface area contributed by atoms with E-state index in [1.165, 1.54) is 32.6 Å². The summed E-state index contributed by atoms with van der Waals surface area (Å²) in [6.07, 6.45) is 0. The van der Waals surface area contributed by atoms with E-state index in [0.29, 0.717) is 16.4 Å². The quantitative estimate of drug-likeness (QED) is 0.297. The van der Waals surface area contributed by atoms with Gasteiger partial charge in [0.1, 0.15) is 11.8 Å². The molecule has 3 unspecified atom stereocenters. The van der Waals surface area contributed by atoms with Crippen molar-refractivity contribution >= 4 is 79.5 Å². The number of aryl methyl sites for hydroxylation is 1. The number of hydrogen-bond acceptors (Lipinski definition) is 7. The number of fused-ring (bicyclic) bond motifs is 2. The highest BCUT2D eigenvalue weighted by Gasteiger charge is 2.57. The van der Waals surface area contributed by atoms with Crippen molar-refractivity contribution in [2.75, 3.05) is 10.2 Å². The molecule has 4 heterocycles. The molecule has 0 bridgehead atoms. The molecule has 1 N–H and O–H groups in total. The summed E-state index contributed by atoms with van der Waals surface area (Å²) in [5.74, 6) is -2.00. The fourth-order valence-electron chi connectivity index (χ4n) is 4.94. The molecule has 0 saturated carbocycles. The molecule has 38 heavy (non-hydrogen) atoms. The summed E-state index contributed by atoms with van der Waals surface area (Å²) < 4.78 is 2.28. The Morgan fingerprint density at radius 1 is 1.03 bits per heavy atom. The average molecular weight is 627 g/mol. The second kappa shape index (κ2) is 9.96. The fourth-order valence-corrected chi connectivity index (χ4v) is 8.93. The lowest BCUT2D eigenvalue weighted by molar-refractivity contribution is -0.122. The number of imide groups is 1. The number of amides is 3. The predicted octanol–water partition coefficient (Wildman–Crippen LogP) is 5.48. The van der Waals surface area contributed by atoms with Crippen LogP contribution in [0, 0.1) is 12.8 Å². The van der Waals surface area contributed by atoms with Crippen LogP contribution in [0.2, 0.25) is 0 Å². The topological polar surface area (TPSA) is 88.5 Å². The standard InChI is InChI=1S/C27H20BrN3O4S3/c1-14-4-2-5-16(12-14)29-19(32)13-30-26-23(38-27(30)35)20(18-6-3-11-36-18)21-22(37-26)25(34)31(24(21)33)17-9-7-15(28)8-10-17/h2-12,20-22H,13H2,1H3,(H,29,32). The Bertz CT molecular complexity index is 1630. The van der Waals surface area contributed by atoms with Crippen molar-refractivity contribution in [3.8, 4) is 0 Å². The minimum atomic E-state index is -0.703. The maximum absolute atomic E-state index is 13.8. The molecule has 2 aliphatic heterocycles. The summed E-state index contributed by atoms with van der Waals surface area (Å²) in [7, 11) is 0. The second-order valence-electron chi connectivity index (χ2n) is 9.09. The van der Waals surface area contributed by atoms with Crippen LogP contribution in [0.3, 0.4) is 0 Å². The first-order valence-electron chi connectivity index (χ1n) is 11.8. The molecule has 1 fully saturated rings. The van der Waals surface area contributed by atoms with Gasteiger partial charge in [-0.05, 0) is 60.3 Å². The third-order valence-electron chi connectivity index (χ3n) is 6.59. The number of thiophene rings is 1. The third-order valence-corrected chi connectivity index (χ3v) is 10.7. The van der Waals surface area contributed by atoms with Crippen molar-refractivity contribution in [1.29, 1.82) is 0 Å². The van der Waals surface area contributed by atoms with E-state index in [9.17, 15) is 19.2 Å². The molecule has 0 radical (unpaired) electrons. The largest absolute Gasteiger partial charge is 0.325 e. The summed E-state index contributed by atoms with van der Waals surface area (Å²) in [4.78, 5) is 56.2. The molecule has 3 atom stereocenters. The summed E-state index contributed by atoms with van der Waals surface area (Å²) >= 11 is 7.16. The molecular formula is C27H20BrN3O4S3. The zero-order chi connectivity index (χ0) is 26.6. The van der Waals surface area contributed by atoms with E-state index >= 15 is 0 Å². The van der Waals surface area contributed by atoms with Gasteiger partial charge in [0, 0.05) is 25.8 Å². The Hall–Kier alpha value is -2.99. The fraction of sp³-hybridized carbons (Fsp3) is 0.185. The Balaban J connectivity index is 1.38. The smallest absolute Gasteiger partial charge is 0.308 e. The molecule has 0 spiro atoms. The molecule has 0 aliphatic carbocycles. The average Bonchev–Trinajstić information content (AvgIpc) is 3.58. The van der Waals surface area contributed by atoms with Gasteiger partial charge in [0.25, 0.3) is 0 Å². The van der Waals surface area contributed by atoms with Gasteiger partial charge in [-0.3, -0.25) is 23.7 Å². The number of carbonyl (C=O) groups is 3. The predicted molar refractivity (Wildman–Crippen MR) is 154 cm³/mol. The van der Waals surface area contributed by atoms with Gasteiger partial charge in [-0.15, -0.1) is 11.3 Å². The van der Waals surface area contributed by atoms with Crippen molar-refractivity contribution in [1.82, 2.24) is 4.57 Å². The zero-order valence-corrected chi connectivity index (χ0v) is 24.0. The van der Waals surface area contributed by atoms with Crippen LogP contribution < -0.4 is 15.1 Å². The summed E-state index contributed by atoms with van der Waals surface area (Å²) in [5.41, 5.74) is 2.17. The van der Waals surface area contributed by atoms with Crippen molar-refractivity contribution in [3.63, 3.8) is 0 Å². The SMILES string of the molecule is Cc1cccc(NC(=O)Cn2c3c(sc2=O)C(c2cccs2)C2C(=O)N(c4ccc(Br)cc4)C(=O)C2S3)c1. The highest BCUT2D eigenvalue weighted by Crippen LogP contribution is 2.54. The van der Waals surface area contributed by atoms with Gasteiger partial charge in [0.2, 0.25) is 17.7 Å². The number of rotatable bonds is 5. The van der Waals surface area contributed by atoms with E-state index in [4.69, 9.17) is 0 Å². The van der Waals surface area contributed by atoms with Crippen LogP contribution >= 0.6 is 50.4 Å². The number of nitrogens with one attached hydrogen (secondary N) is 1. The number of carbonyl (C=O) groups excluding carboxylic acids is 3. The lowest BCUT2D eigenvalue weighted by Gasteiger charge is -2.29. The van der Waals surface area contributed by atoms with Crippen LogP contribution in [0.15, 0.2) is 80.3 Å². The molecule has 7 nitrogen and oxygen atoms in total. The molecule has 1 saturated heterocycles. The number of benzene rings is 2. The normalized spacial score (nSPS) is 20.4. The van der Waals surface area contributed by atoms with Crippen LogP contribution in [0.25, 0.3) is 0 Å². The molecule has 11 heteroatoms. The van der Waals surface area contributed by atoms with Crippen LogP contribution in [0.1, 0.15) is 21.2 Å². The first-order valence-corrected chi connectivity index (χ1v) is 15.1. The third kappa shape index (κ3) is 4.37. The van der Waals surface area contributed by atoms with Crippen LogP contribution in [-0.4, -0.2) is 27.5 Å². The number of halogens is 1. The summed E-state index contributed by atoms with van der Waals surface area (Å²) in [5, 5.41) is 4.66. The first kappa shape index (κ1) is 25.3. The highest BCUT2D eigenvalue weighted by molar-refractivity contribution is 9.10. The molecule has 3 amide bonds. The lowest BCUT2D eigenvalue weighted by Crippen LogP contribution is -2.32. The van der Waals surface area contributed by atoms with E-state index in [0.717, 1.165) is 31.1 Å². The number of thioether (sulfide) groups is 1. The number of hydrogen-bond donors (Lipinski definition) is 1. The van der Waals surface area contributed by atoms with Gasteiger partial charge in [-0.25, -0.2) is 4.90 Å². The molecule has 2 aliphatic rings. The number of nitrogens with zero attached hydrogens (tertiary/aromatic N) is 2. The molecule has 2 aromatic carbocycles. The Morgan fingerprint density at radius 2 is 1.82 bits per heavy atom. The van der Waals surface area contributed by atoms with Gasteiger partial charge in [0.15, 0.2) is 0 Å². The van der Waals surface area contributed by atoms with E-state index in [1.807, 2.05) is 42.6 Å². The van der Waals surface area contributed by atoms with Crippen molar-refractivity contribution in [3.05, 3.63) is 95.5 Å². The maximum atomic E-state index is 13.8. The molecule has 192 valence electrons. The summed E-state index contributed by atoms with van der Waals surface area (Å²) in [6, 6.07) is 18.3. The van der Waals surface area contributed by atoms with Crippen LogP contribution in [0.5, 0.6) is 0 Å². The van der Waals surface area contributed by atoms with Crippen LogP contribution in [-0.2, 0) is 20.9 Å². The van der Waals surface area contributed by atoms with Gasteiger partial charge in [0.05, 0.1) is 16.6 Å². The minimum absolute atomic E-state index is 0.182. The second-order valence-corrected chi connectivity index (χ2v) is 13.1. The van der Waals surface area contributed by atoms with E-state index in [1.54, 1.807) is 30.3 Å². The monoisotopic (exact) mass is 625 g/mol. The maximum Gasteiger partial charge on any atom is 0.308 e. The Kier molecular flexibility index (Phi) is 6.63. The molecule has 2 aromatic heterocycles. The van der Waals surface area contributed by atoms with Gasteiger partial charge >= 0.3 is 4.87 Å². The summed E-state index contributed by atoms with van der Waals surface area (Å²) in [6.45, 7) is 1.75. The van der Waals surface area contributed by atoms with E-state index in [-0.39, 0.29) is 29.1 Å². The Labute approximate surface area is 238 Å². The van der Waals surface area contributed by atoms with E-state index in [2.05, 4.69) is 21.2 Å². The van der Waals surface area contributed by atoms with Gasteiger partial charge in [-0.2, -0.15) is 0 Å². The molecular weight excluding hydrogens is 606 g/mol. The van der Waals surface area contributed by atoms with Crippen molar-refractivity contribution in [2.24, 2.45) is 5.92 Å². The lowest BCUT2D eigenvalue weighted by atomic mass is 9.87. The first-order chi connectivity index (χ1) is 18.3. The van der Waals surface area contributed by atoms with E-state index < -0.39 is 17.1 Å². The van der Waals surface area contributed by atoms with Gasteiger partial charge < -0.3 is 5.32 Å². The highest BCUT2D eigenvalue weighted by atomic mass is 79.9. The van der Waals surface area contributed by atoms with Crippen LogP contribution in [0.4, 0.5) is 11.4 Å². The number of aromatic nitrogens is 1. The Morgan fingerprint density at radius 3 is 2.53 bits per heavy atom. The zero-order valence-electron chi connectivity index (χ0n) is 19.9. The number of anilines is 2. The van der Waals surface area contributed by atoms with Gasteiger partial charge in [-0.1, -0.05) is 57.2 Å². The van der Waals surface area contributed by atoms with Crippen molar-refractivity contribution in [2.45, 2.75) is 29.7 Å².